The smallest absolute Gasteiger partial charge is 0.174 e. The lowest BCUT2D eigenvalue weighted by Crippen LogP contribution is -2.05. The number of ether oxygens (including phenoxy) is 1. The summed E-state index contributed by atoms with van der Waals surface area (Å²) >= 11 is 7.54. The molecule has 0 spiro atoms. The summed E-state index contributed by atoms with van der Waals surface area (Å²) < 4.78 is 12.8. The number of phenols is 3. The molecule has 44 heavy (non-hydrogen) atoms. The Bertz CT molecular complexity index is 1900. The van der Waals surface area contributed by atoms with Crippen molar-refractivity contribution >= 4 is 22.9 Å². The topological polar surface area (TPSA) is 96.0 Å². The molecule has 0 atom stereocenters. The largest absolute Gasteiger partial charge is 0.507 e. The number of rotatable bonds is 4. The molecule has 6 nitrogen and oxygen atoms in total. The molecule has 4 aromatic carbocycles. The van der Waals surface area contributed by atoms with E-state index in [0.29, 0.717) is 69.5 Å². The zero-order valence-corrected chi connectivity index (χ0v) is 25.2. The highest BCUT2D eigenvalue weighted by atomic mass is 35.5. The molecule has 0 fully saturated rings. The van der Waals surface area contributed by atoms with Gasteiger partial charge in [0.05, 0.1) is 9.21 Å². The van der Waals surface area contributed by atoms with Crippen molar-refractivity contribution in [3.05, 3.63) is 146 Å². The fourth-order valence-corrected chi connectivity index (χ4v) is 6.80. The number of aromatic nitrogens is 1. The third-order valence-corrected chi connectivity index (χ3v) is 9.31. The van der Waals surface area contributed by atoms with Crippen LogP contribution in [-0.2, 0) is 32.3 Å². The van der Waals surface area contributed by atoms with Gasteiger partial charge in [0, 0.05) is 31.7 Å². The highest BCUT2D eigenvalue weighted by Crippen LogP contribution is 2.38. The van der Waals surface area contributed by atoms with Crippen LogP contribution in [0.4, 0.5) is 0 Å². The number of aromatic hydroxyl groups is 3. The highest BCUT2D eigenvalue weighted by Gasteiger charge is 2.20. The molecule has 220 valence electrons. The maximum atomic E-state index is 11.4. The number of hydrogen-bond donors (Lipinski definition) is 3. The summed E-state index contributed by atoms with van der Waals surface area (Å²) in [6.45, 7) is 0.141. The molecule has 0 saturated carbocycles. The van der Waals surface area contributed by atoms with E-state index in [4.69, 9.17) is 20.9 Å². The maximum absolute atomic E-state index is 11.4. The van der Waals surface area contributed by atoms with Gasteiger partial charge in [-0.15, -0.1) is 11.3 Å². The Balaban J connectivity index is 1.30. The fourth-order valence-electron chi connectivity index (χ4n) is 5.80. The standard InChI is InChI=1S/C36H28ClNO5S/c37-32-14-13-31(44-32)30-19-29(43-38-30)20-42-36-27-11-4-12-28(36)18-26-10-3-8-24(35(26)41)16-22-6-1-5-21(33(22)39)15-23-7-2-9-25(17-27)34(23)40/h1-14,19,39-41H,15-18,20H2. The van der Waals surface area contributed by atoms with Crippen LogP contribution >= 0.6 is 22.9 Å². The minimum absolute atomic E-state index is 0.141. The van der Waals surface area contributed by atoms with E-state index < -0.39 is 0 Å². The highest BCUT2D eigenvalue weighted by molar-refractivity contribution is 7.19. The summed E-state index contributed by atoms with van der Waals surface area (Å²) in [4.78, 5) is 0.907. The third kappa shape index (κ3) is 5.52. The van der Waals surface area contributed by atoms with Crippen molar-refractivity contribution in [3.63, 3.8) is 0 Å². The van der Waals surface area contributed by atoms with Gasteiger partial charge in [-0.05, 0) is 56.6 Å². The van der Waals surface area contributed by atoms with Crippen molar-refractivity contribution in [1.29, 1.82) is 0 Å². The Morgan fingerprint density at radius 2 is 1.07 bits per heavy atom. The lowest BCUT2D eigenvalue weighted by molar-refractivity contribution is 0.246. The minimum atomic E-state index is 0.141. The number of hydrogen-bond acceptors (Lipinski definition) is 7. The normalized spacial score (nSPS) is 12.7. The second-order valence-electron chi connectivity index (χ2n) is 11.0. The van der Waals surface area contributed by atoms with Crippen LogP contribution in [0.5, 0.6) is 23.0 Å². The molecule has 0 radical (unpaired) electrons. The van der Waals surface area contributed by atoms with Crippen LogP contribution in [0, 0.1) is 0 Å². The first-order valence-corrected chi connectivity index (χ1v) is 15.5. The number of para-hydroxylation sites is 4. The van der Waals surface area contributed by atoms with Gasteiger partial charge in [0.1, 0.15) is 35.3 Å². The van der Waals surface area contributed by atoms with Gasteiger partial charge < -0.3 is 24.6 Å². The number of benzene rings is 4. The molecule has 8 bridgehead atoms. The van der Waals surface area contributed by atoms with E-state index in [2.05, 4.69) is 5.16 Å². The average molecular weight is 622 g/mol. The molecule has 6 aromatic rings. The van der Waals surface area contributed by atoms with Gasteiger partial charge in [-0.25, -0.2) is 0 Å². The van der Waals surface area contributed by atoms with Gasteiger partial charge in [0.15, 0.2) is 5.76 Å². The van der Waals surface area contributed by atoms with Crippen molar-refractivity contribution in [2.24, 2.45) is 0 Å². The van der Waals surface area contributed by atoms with Crippen molar-refractivity contribution in [3.8, 4) is 33.6 Å². The van der Waals surface area contributed by atoms with Gasteiger partial charge in [-0.1, -0.05) is 89.6 Å². The molecule has 3 N–H and O–H groups in total. The summed E-state index contributed by atoms with van der Waals surface area (Å²) in [5.41, 5.74) is 6.79. The maximum Gasteiger partial charge on any atom is 0.174 e. The van der Waals surface area contributed by atoms with Crippen molar-refractivity contribution < 1.29 is 24.6 Å². The molecule has 2 aromatic heterocycles. The summed E-state index contributed by atoms with van der Waals surface area (Å²) in [6.07, 6.45) is 1.54. The molecule has 1 aliphatic carbocycles. The Hall–Kier alpha value is -4.72. The van der Waals surface area contributed by atoms with E-state index in [9.17, 15) is 15.3 Å². The Labute approximate surface area is 263 Å². The summed E-state index contributed by atoms with van der Waals surface area (Å²) in [5.74, 6) is 1.78. The number of phenolic OH excluding ortho intramolecular Hbond substituents is 3. The van der Waals surface area contributed by atoms with E-state index in [-0.39, 0.29) is 23.9 Å². The molecule has 0 unspecified atom stereocenters. The van der Waals surface area contributed by atoms with E-state index in [1.165, 1.54) is 11.3 Å². The van der Waals surface area contributed by atoms with Crippen LogP contribution in [0.25, 0.3) is 10.6 Å². The van der Waals surface area contributed by atoms with Crippen LogP contribution in [-0.4, -0.2) is 20.5 Å². The predicted octanol–water partition coefficient (Wildman–Crippen LogP) is 8.43. The van der Waals surface area contributed by atoms with Crippen molar-refractivity contribution in [2.45, 2.75) is 32.3 Å². The second kappa shape index (κ2) is 11.8. The Morgan fingerprint density at radius 1 is 0.636 bits per heavy atom. The minimum Gasteiger partial charge on any atom is -0.507 e. The second-order valence-corrected chi connectivity index (χ2v) is 12.7. The Morgan fingerprint density at radius 3 is 1.50 bits per heavy atom. The quantitative estimate of drug-likeness (QED) is 0.183. The number of thiophene rings is 1. The van der Waals surface area contributed by atoms with Crippen LogP contribution in [0.1, 0.15) is 50.3 Å². The first kappa shape index (κ1) is 28.1. The molecule has 0 aliphatic heterocycles. The van der Waals surface area contributed by atoms with Gasteiger partial charge in [-0.3, -0.25) is 0 Å². The van der Waals surface area contributed by atoms with Gasteiger partial charge in [0.2, 0.25) is 0 Å². The lowest BCUT2D eigenvalue weighted by atomic mass is 9.91. The molecule has 0 amide bonds. The van der Waals surface area contributed by atoms with Crippen LogP contribution in [0.2, 0.25) is 4.34 Å². The first-order valence-electron chi connectivity index (χ1n) is 14.3. The number of fused-ring (bicyclic) bond motifs is 8. The summed E-state index contributed by atoms with van der Waals surface area (Å²) in [7, 11) is 0. The predicted molar refractivity (Wildman–Crippen MR) is 171 cm³/mol. The number of nitrogens with zero attached hydrogens (tertiary/aromatic N) is 1. The van der Waals surface area contributed by atoms with Gasteiger partial charge >= 0.3 is 0 Å². The van der Waals surface area contributed by atoms with E-state index in [1.807, 2.05) is 91.0 Å². The molecular formula is C36H28ClNO5S. The zero-order chi connectivity index (χ0) is 30.2. The number of halogens is 1. The molecule has 2 heterocycles. The monoisotopic (exact) mass is 621 g/mol. The van der Waals surface area contributed by atoms with E-state index in [0.717, 1.165) is 27.1 Å². The van der Waals surface area contributed by atoms with Crippen LogP contribution in [0.3, 0.4) is 0 Å². The molecule has 7 rings (SSSR count). The van der Waals surface area contributed by atoms with Gasteiger partial charge in [0.25, 0.3) is 0 Å². The van der Waals surface area contributed by atoms with Crippen LogP contribution in [0.15, 0.2) is 95.5 Å². The zero-order valence-electron chi connectivity index (χ0n) is 23.6. The Kier molecular flexibility index (Phi) is 7.50. The molecular weight excluding hydrogens is 594 g/mol. The first-order chi connectivity index (χ1) is 21.4. The SMILES string of the molecule is Oc1c2cccc1Cc1cccc(c1O)Cc1cccc(c1OCc1cc(-c3ccc(Cl)s3)no1)Cc1cccc(c1O)C2. The summed E-state index contributed by atoms with van der Waals surface area (Å²) in [6, 6.07) is 28.5. The van der Waals surface area contributed by atoms with Gasteiger partial charge in [-0.2, -0.15) is 0 Å². The van der Waals surface area contributed by atoms with E-state index in [1.54, 1.807) is 0 Å². The van der Waals surface area contributed by atoms with Crippen molar-refractivity contribution in [1.82, 2.24) is 5.16 Å². The fraction of sp³-hybridized carbons (Fsp3) is 0.139. The lowest BCUT2D eigenvalue weighted by Gasteiger charge is -2.19. The molecule has 1 aliphatic rings. The van der Waals surface area contributed by atoms with Crippen molar-refractivity contribution in [2.75, 3.05) is 0 Å². The summed E-state index contributed by atoms with van der Waals surface area (Å²) in [5, 5.41) is 38.1. The van der Waals surface area contributed by atoms with E-state index >= 15 is 0 Å². The van der Waals surface area contributed by atoms with Crippen LogP contribution < -0.4 is 4.74 Å². The average Bonchev–Trinajstić information content (AvgIpc) is 3.67. The third-order valence-electron chi connectivity index (χ3n) is 8.05. The molecule has 0 saturated heterocycles. The molecule has 8 heteroatoms.